The van der Waals surface area contributed by atoms with Gasteiger partial charge in [0, 0.05) is 39.0 Å². The number of carbonyl (C=O) groups excluding carboxylic acids is 2. The number of benzene rings is 1. The highest BCUT2D eigenvalue weighted by Gasteiger charge is 2.35. The zero-order valence-electron chi connectivity index (χ0n) is 15.7. The maximum atomic E-state index is 12.8. The van der Waals surface area contributed by atoms with E-state index in [-0.39, 0.29) is 24.2 Å². The molecule has 7 nitrogen and oxygen atoms in total. The second-order valence-electron chi connectivity index (χ2n) is 7.08. The fourth-order valence-electron chi connectivity index (χ4n) is 3.51. The van der Waals surface area contributed by atoms with Crippen molar-refractivity contribution in [1.29, 1.82) is 0 Å². The second-order valence-corrected chi connectivity index (χ2v) is 7.08. The summed E-state index contributed by atoms with van der Waals surface area (Å²) in [5.74, 6) is -0.374. The summed E-state index contributed by atoms with van der Waals surface area (Å²) in [6, 6.07) is 11.4. The molecule has 1 aromatic carbocycles. The van der Waals surface area contributed by atoms with Gasteiger partial charge in [0.05, 0.1) is 35.4 Å². The zero-order chi connectivity index (χ0) is 19.5. The summed E-state index contributed by atoms with van der Waals surface area (Å²) < 4.78 is 0. The van der Waals surface area contributed by atoms with Crippen molar-refractivity contribution >= 4 is 22.8 Å². The van der Waals surface area contributed by atoms with Crippen LogP contribution in [0.1, 0.15) is 17.7 Å². The van der Waals surface area contributed by atoms with Gasteiger partial charge in [-0.1, -0.05) is 18.2 Å². The standard InChI is InChI=1S/C21H21N5O2/c1-25(14-17-11-23-18-6-2-3-7-19(18)24-17)21(28)16-9-20(27)26(13-16)12-15-5-4-8-22-10-15/h2-8,10-11,16H,9,12-14H2,1H3/t16-/m0/s1. The van der Waals surface area contributed by atoms with Gasteiger partial charge in [-0.15, -0.1) is 0 Å². The van der Waals surface area contributed by atoms with Crippen LogP contribution in [0.15, 0.2) is 55.0 Å². The number of hydrogen-bond acceptors (Lipinski definition) is 5. The lowest BCUT2D eigenvalue weighted by molar-refractivity contribution is -0.135. The molecule has 0 N–H and O–H groups in total. The fourth-order valence-corrected chi connectivity index (χ4v) is 3.51. The predicted molar refractivity (Wildman–Crippen MR) is 104 cm³/mol. The van der Waals surface area contributed by atoms with Crippen LogP contribution < -0.4 is 0 Å². The highest BCUT2D eigenvalue weighted by atomic mass is 16.2. The summed E-state index contributed by atoms with van der Waals surface area (Å²) in [5, 5.41) is 0. The molecule has 2 amide bonds. The number of hydrogen-bond donors (Lipinski definition) is 0. The van der Waals surface area contributed by atoms with E-state index in [0.29, 0.717) is 19.6 Å². The van der Waals surface area contributed by atoms with E-state index in [0.717, 1.165) is 22.3 Å². The fraction of sp³-hybridized carbons (Fsp3) is 0.286. The van der Waals surface area contributed by atoms with Gasteiger partial charge in [0.1, 0.15) is 0 Å². The molecule has 3 heterocycles. The van der Waals surface area contributed by atoms with Crippen LogP contribution in [0.3, 0.4) is 0 Å². The van der Waals surface area contributed by atoms with Crippen molar-refractivity contribution < 1.29 is 9.59 Å². The van der Waals surface area contributed by atoms with Crippen LogP contribution in [0.2, 0.25) is 0 Å². The highest BCUT2D eigenvalue weighted by Crippen LogP contribution is 2.22. The Morgan fingerprint density at radius 1 is 1.18 bits per heavy atom. The minimum absolute atomic E-state index is 0.00102. The molecule has 2 aromatic heterocycles. The number of aromatic nitrogens is 3. The summed E-state index contributed by atoms with van der Waals surface area (Å²) in [6.07, 6.45) is 5.38. The Labute approximate surface area is 163 Å². The van der Waals surface area contributed by atoms with Gasteiger partial charge in [0.2, 0.25) is 11.8 Å². The van der Waals surface area contributed by atoms with Crippen LogP contribution in [-0.2, 0) is 22.7 Å². The molecule has 0 bridgehead atoms. The SMILES string of the molecule is CN(Cc1cnc2ccccc2n1)C(=O)[C@H]1CC(=O)N(Cc2cccnc2)C1. The lowest BCUT2D eigenvalue weighted by Gasteiger charge is -2.21. The molecule has 7 heteroatoms. The predicted octanol–water partition coefficient (Wildman–Crippen LogP) is 2.03. The summed E-state index contributed by atoms with van der Waals surface area (Å²) in [6.45, 7) is 1.28. The number of carbonyl (C=O) groups is 2. The molecule has 1 aliphatic heterocycles. The van der Waals surface area contributed by atoms with Crippen LogP contribution in [0.25, 0.3) is 11.0 Å². The molecule has 0 radical (unpaired) electrons. The minimum Gasteiger partial charge on any atom is -0.339 e. The Kier molecular flexibility index (Phi) is 4.97. The smallest absolute Gasteiger partial charge is 0.228 e. The lowest BCUT2D eigenvalue weighted by Crippen LogP contribution is -2.34. The first-order valence-electron chi connectivity index (χ1n) is 9.22. The summed E-state index contributed by atoms with van der Waals surface area (Å²) in [5.41, 5.74) is 3.32. The van der Waals surface area contributed by atoms with E-state index in [9.17, 15) is 9.59 Å². The Bertz CT molecular complexity index is 1010. The van der Waals surface area contributed by atoms with Crippen molar-refractivity contribution in [3.8, 4) is 0 Å². The van der Waals surface area contributed by atoms with Gasteiger partial charge >= 0.3 is 0 Å². The maximum Gasteiger partial charge on any atom is 0.228 e. The molecule has 0 spiro atoms. The number of amides is 2. The van der Waals surface area contributed by atoms with Crippen LogP contribution in [0.5, 0.6) is 0 Å². The Hall–Kier alpha value is -3.35. The summed E-state index contributed by atoms with van der Waals surface area (Å²) >= 11 is 0. The van der Waals surface area contributed by atoms with Crippen molar-refractivity contribution in [3.05, 3.63) is 66.2 Å². The molecule has 1 fully saturated rings. The number of fused-ring (bicyclic) bond motifs is 1. The van der Waals surface area contributed by atoms with E-state index in [4.69, 9.17) is 0 Å². The normalized spacial score (nSPS) is 16.5. The van der Waals surface area contributed by atoms with Gasteiger partial charge < -0.3 is 9.80 Å². The maximum absolute atomic E-state index is 12.8. The zero-order valence-corrected chi connectivity index (χ0v) is 15.7. The molecule has 1 atom stereocenters. The van der Waals surface area contributed by atoms with Crippen LogP contribution in [0, 0.1) is 5.92 Å². The third kappa shape index (κ3) is 3.83. The van der Waals surface area contributed by atoms with Crippen molar-refractivity contribution in [2.45, 2.75) is 19.5 Å². The number of pyridine rings is 1. The van der Waals surface area contributed by atoms with Crippen LogP contribution in [0.4, 0.5) is 0 Å². The summed E-state index contributed by atoms with van der Waals surface area (Å²) in [7, 11) is 1.74. The van der Waals surface area contributed by atoms with E-state index >= 15 is 0 Å². The van der Waals surface area contributed by atoms with Crippen LogP contribution >= 0.6 is 0 Å². The van der Waals surface area contributed by atoms with Gasteiger partial charge in [0.25, 0.3) is 0 Å². The molecule has 0 aliphatic carbocycles. The molecule has 1 aliphatic rings. The lowest BCUT2D eigenvalue weighted by atomic mass is 10.1. The van der Waals surface area contributed by atoms with Gasteiger partial charge in [-0.2, -0.15) is 0 Å². The molecule has 0 unspecified atom stereocenters. The number of para-hydroxylation sites is 2. The van der Waals surface area contributed by atoms with Crippen molar-refractivity contribution in [2.24, 2.45) is 5.92 Å². The average molecular weight is 375 g/mol. The van der Waals surface area contributed by atoms with Crippen molar-refractivity contribution in [3.63, 3.8) is 0 Å². The average Bonchev–Trinajstić information content (AvgIpc) is 3.08. The van der Waals surface area contributed by atoms with Gasteiger partial charge in [-0.3, -0.25) is 19.6 Å². The minimum atomic E-state index is -0.331. The molecule has 142 valence electrons. The monoisotopic (exact) mass is 375 g/mol. The Balaban J connectivity index is 1.40. The largest absolute Gasteiger partial charge is 0.339 e. The number of likely N-dealkylation sites (tertiary alicyclic amines) is 1. The Morgan fingerprint density at radius 2 is 2.00 bits per heavy atom. The molecular formula is C21H21N5O2. The second kappa shape index (κ2) is 7.72. The van der Waals surface area contributed by atoms with Gasteiger partial charge in [-0.25, -0.2) is 4.98 Å². The van der Waals surface area contributed by atoms with Crippen molar-refractivity contribution in [2.75, 3.05) is 13.6 Å². The van der Waals surface area contributed by atoms with E-state index in [1.165, 1.54) is 0 Å². The third-order valence-corrected chi connectivity index (χ3v) is 4.93. The molecule has 3 aromatic rings. The van der Waals surface area contributed by atoms with E-state index in [1.807, 2.05) is 36.4 Å². The number of rotatable bonds is 5. The molecular weight excluding hydrogens is 354 g/mol. The summed E-state index contributed by atoms with van der Waals surface area (Å²) in [4.78, 5) is 41.6. The van der Waals surface area contributed by atoms with E-state index < -0.39 is 0 Å². The first kappa shape index (κ1) is 18.0. The topological polar surface area (TPSA) is 79.3 Å². The first-order chi connectivity index (χ1) is 13.6. The van der Waals surface area contributed by atoms with Gasteiger partial charge in [0.15, 0.2) is 0 Å². The van der Waals surface area contributed by atoms with Crippen LogP contribution in [-0.4, -0.2) is 50.2 Å². The quantitative estimate of drug-likeness (QED) is 0.682. The molecule has 4 rings (SSSR count). The first-order valence-corrected chi connectivity index (χ1v) is 9.22. The highest BCUT2D eigenvalue weighted by molar-refractivity contribution is 5.89. The third-order valence-electron chi connectivity index (χ3n) is 4.93. The van der Waals surface area contributed by atoms with Crippen molar-refractivity contribution in [1.82, 2.24) is 24.8 Å². The molecule has 0 saturated carbocycles. The Morgan fingerprint density at radius 3 is 2.79 bits per heavy atom. The van der Waals surface area contributed by atoms with E-state index in [2.05, 4.69) is 15.0 Å². The van der Waals surface area contributed by atoms with E-state index in [1.54, 1.807) is 35.4 Å². The molecule has 28 heavy (non-hydrogen) atoms. The van der Waals surface area contributed by atoms with Gasteiger partial charge in [-0.05, 0) is 23.8 Å². The number of nitrogens with zero attached hydrogens (tertiary/aromatic N) is 5. The molecule has 1 saturated heterocycles.